The first-order valence-electron chi connectivity index (χ1n) is 13.2. The van der Waals surface area contributed by atoms with Gasteiger partial charge in [0.25, 0.3) is 0 Å². The lowest BCUT2D eigenvalue weighted by Crippen LogP contribution is -2.19. The first-order valence-corrected chi connectivity index (χ1v) is 13.2. The maximum absolute atomic E-state index is 10.9. The fraction of sp³-hybridized carbons (Fsp3) is 0.889. The first kappa shape index (κ1) is 30.3. The molecule has 0 bridgehead atoms. The highest BCUT2D eigenvalue weighted by Crippen LogP contribution is 2.12. The van der Waals surface area contributed by atoms with Crippen molar-refractivity contribution in [2.24, 2.45) is 0 Å². The largest absolute Gasteiger partial charge is 0.394 e. The summed E-state index contributed by atoms with van der Waals surface area (Å²) in [4.78, 5) is 10.9. The molecule has 4 heteroatoms. The zero-order valence-electron chi connectivity index (χ0n) is 20.5. The summed E-state index contributed by atoms with van der Waals surface area (Å²) in [5, 5.41) is 17.8. The molecule has 0 aliphatic rings. The molecule has 0 aromatic carbocycles. The molecule has 184 valence electrons. The van der Waals surface area contributed by atoms with Gasteiger partial charge in [-0.2, -0.15) is 0 Å². The lowest BCUT2D eigenvalue weighted by atomic mass is 10.1. The van der Waals surface area contributed by atoms with Crippen LogP contribution in [0, 0.1) is 0 Å². The van der Waals surface area contributed by atoms with E-state index in [9.17, 15) is 4.79 Å². The van der Waals surface area contributed by atoms with Gasteiger partial charge in [-0.25, -0.2) is 0 Å². The average Bonchev–Trinajstić information content (AvgIpc) is 2.76. The van der Waals surface area contributed by atoms with Gasteiger partial charge in [-0.15, -0.1) is 0 Å². The van der Waals surface area contributed by atoms with Gasteiger partial charge < -0.3 is 19.7 Å². The minimum atomic E-state index is -0.730. The van der Waals surface area contributed by atoms with E-state index < -0.39 is 6.10 Å². The highest BCUT2D eigenvalue weighted by atomic mass is 16.5. The first-order chi connectivity index (χ1) is 15.2. The summed E-state index contributed by atoms with van der Waals surface area (Å²) in [6.45, 7) is 2.40. The van der Waals surface area contributed by atoms with Crippen LogP contribution in [0.15, 0.2) is 12.2 Å². The number of carbonyl (C=O) groups is 1. The van der Waals surface area contributed by atoms with E-state index in [-0.39, 0.29) is 13.2 Å². The molecule has 4 nitrogen and oxygen atoms in total. The van der Waals surface area contributed by atoms with Crippen LogP contribution in [0.2, 0.25) is 0 Å². The Bertz CT molecular complexity index is 395. The highest BCUT2D eigenvalue weighted by Gasteiger charge is 2.00. The molecular formula is C27H52O4. The number of allylic oxidation sites excluding steroid dienone is 2. The topological polar surface area (TPSA) is 66.8 Å². The summed E-state index contributed by atoms with van der Waals surface area (Å²) in [5.41, 5.74) is 0. The van der Waals surface area contributed by atoms with Crippen molar-refractivity contribution in [3.63, 3.8) is 0 Å². The second kappa shape index (κ2) is 25.5. The van der Waals surface area contributed by atoms with Crippen molar-refractivity contribution in [2.45, 2.75) is 135 Å². The molecule has 1 unspecified atom stereocenters. The van der Waals surface area contributed by atoms with E-state index in [1.807, 2.05) is 0 Å². The molecule has 0 saturated heterocycles. The lowest BCUT2D eigenvalue weighted by molar-refractivity contribution is -0.117. The maximum atomic E-state index is 10.9. The van der Waals surface area contributed by atoms with Crippen LogP contribution in [-0.4, -0.2) is 41.9 Å². The average molecular weight is 441 g/mol. The molecule has 0 fully saturated rings. The molecule has 2 N–H and O–H groups in total. The Morgan fingerprint density at radius 1 is 0.710 bits per heavy atom. The van der Waals surface area contributed by atoms with E-state index in [4.69, 9.17) is 14.9 Å². The molecule has 0 aliphatic carbocycles. The number of hydrogen-bond acceptors (Lipinski definition) is 4. The highest BCUT2D eigenvalue weighted by molar-refractivity contribution is 5.75. The molecule has 1 atom stereocenters. The Labute approximate surface area is 192 Å². The normalized spacial score (nSPS) is 12.6. The number of ether oxygens (including phenoxy) is 1. The number of rotatable bonds is 25. The number of carbonyl (C=O) groups excluding carboxylic acids is 1. The molecule has 0 radical (unpaired) electrons. The van der Waals surface area contributed by atoms with Crippen molar-refractivity contribution in [2.75, 3.05) is 19.8 Å². The van der Waals surface area contributed by atoms with E-state index in [1.165, 1.54) is 103 Å². The summed E-state index contributed by atoms with van der Waals surface area (Å²) in [6.07, 6.45) is 27.8. The van der Waals surface area contributed by atoms with Crippen molar-refractivity contribution in [3.05, 3.63) is 12.2 Å². The van der Waals surface area contributed by atoms with Crippen LogP contribution < -0.4 is 0 Å². The minimum Gasteiger partial charge on any atom is -0.394 e. The van der Waals surface area contributed by atoms with Crippen LogP contribution in [0.3, 0.4) is 0 Å². The molecule has 0 heterocycles. The Hall–Kier alpha value is -0.710. The van der Waals surface area contributed by atoms with Crippen molar-refractivity contribution < 1.29 is 19.7 Å². The van der Waals surface area contributed by atoms with E-state index in [2.05, 4.69) is 12.2 Å². The maximum Gasteiger partial charge on any atom is 0.129 e. The third-order valence-corrected chi connectivity index (χ3v) is 5.75. The van der Waals surface area contributed by atoms with Crippen LogP contribution >= 0.6 is 0 Å². The molecular weight excluding hydrogens is 388 g/mol. The number of aliphatic hydroxyl groups is 2. The van der Waals surface area contributed by atoms with E-state index in [1.54, 1.807) is 6.92 Å². The molecule has 0 spiro atoms. The van der Waals surface area contributed by atoms with Crippen molar-refractivity contribution in [1.82, 2.24) is 0 Å². The SMILES string of the molecule is CC(=O)CCCCCCCC/C=C/CCCCCCCCCCCCOCC(O)CO. The quantitative estimate of drug-likeness (QED) is 0.119. The molecule has 0 aromatic rings. The summed E-state index contributed by atoms with van der Waals surface area (Å²) in [5.74, 6) is 0.328. The van der Waals surface area contributed by atoms with Gasteiger partial charge in [-0.1, -0.05) is 89.2 Å². The van der Waals surface area contributed by atoms with E-state index >= 15 is 0 Å². The third-order valence-electron chi connectivity index (χ3n) is 5.75. The van der Waals surface area contributed by atoms with Crippen LogP contribution in [-0.2, 0) is 9.53 Å². The summed E-state index contributed by atoms with van der Waals surface area (Å²) in [6, 6.07) is 0. The Morgan fingerprint density at radius 2 is 1.13 bits per heavy atom. The van der Waals surface area contributed by atoms with Crippen LogP contribution in [0.25, 0.3) is 0 Å². The Morgan fingerprint density at radius 3 is 1.58 bits per heavy atom. The molecule has 0 amide bonds. The zero-order valence-corrected chi connectivity index (χ0v) is 20.5. The van der Waals surface area contributed by atoms with E-state index in [0.717, 1.165) is 19.3 Å². The fourth-order valence-electron chi connectivity index (χ4n) is 3.73. The van der Waals surface area contributed by atoms with Crippen LogP contribution in [0.1, 0.15) is 129 Å². The van der Waals surface area contributed by atoms with E-state index in [0.29, 0.717) is 12.4 Å². The van der Waals surface area contributed by atoms with Gasteiger partial charge in [-0.05, 0) is 45.4 Å². The molecule has 31 heavy (non-hydrogen) atoms. The molecule has 0 aliphatic heterocycles. The van der Waals surface area contributed by atoms with Gasteiger partial charge in [0.2, 0.25) is 0 Å². The number of Topliss-reactive ketones (excluding diaryl/α,β-unsaturated/α-hetero) is 1. The number of hydrogen-bond donors (Lipinski definition) is 2. The van der Waals surface area contributed by atoms with Gasteiger partial charge in [0.05, 0.1) is 13.2 Å². The Kier molecular flexibility index (Phi) is 25.0. The zero-order chi connectivity index (χ0) is 22.8. The van der Waals surface area contributed by atoms with Crippen molar-refractivity contribution in [1.29, 1.82) is 0 Å². The third kappa shape index (κ3) is 27.3. The van der Waals surface area contributed by atoms with Crippen molar-refractivity contribution in [3.8, 4) is 0 Å². The number of aliphatic hydroxyl groups excluding tert-OH is 2. The van der Waals surface area contributed by atoms with Gasteiger partial charge in [0.15, 0.2) is 0 Å². The van der Waals surface area contributed by atoms with Gasteiger partial charge in [0.1, 0.15) is 11.9 Å². The minimum absolute atomic E-state index is 0.219. The Balaban J connectivity index is 3.11. The summed E-state index contributed by atoms with van der Waals surface area (Å²) < 4.78 is 5.31. The second-order valence-corrected chi connectivity index (χ2v) is 9.07. The lowest BCUT2D eigenvalue weighted by Gasteiger charge is -2.08. The predicted octanol–water partition coefficient (Wildman–Crippen LogP) is 6.91. The van der Waals surface area contributed by atoms with Crippen LogP contribution in [0.4, 0.5) is 0 Å². The summed E-state index contributed by atoms with van der Waals surface area (Å²) in [7, 11) is 0. The molecule has 0 rings (SSSR count). The van der Waals surface area contributed by atoms with Crippen LogP contribution in [0.5, 0.6) is 0 Å². The predicted molar refractivity (Wildman–Crippen MR) is 131 cm³/mol. The smallest absolute Gasteiger partial charge is 0.129 e. The number of unbranched alkanes of at least 4 members (excludes halogenated alkanes) is 16. The van der Waals surface area contributed by atoms with Gasteiger partial charge in [0, 0.05) is 13.0 Å². The monoisotopic (exact) mass is 440 g/mol. The standard InChI is InChI=1S/C27H52O4/c1-26(29)22-20-18-16-14-12-10-8-6-4-2-3-5-7-9-11-13-15-17-19-21-23-31-25-27(30)24-28/h4,6,27-28,30H,2-3,5,7-25H2,1H3/b6-4+. The second-order valence-electron chi connectivity index (χ2n) is 9.07. The number of ketones is 1. The molecule has 0 aromatic heterocycles. The van der Waals surface area contributed by atoms with Crippen molar-refractivity contribution >= 4 is 5.78 Å². The molecule has 0 saturated carbocycles. The van der Waals surface area contributed by atoms with Gasteiger partial charge in [-0.3, -0.25) is 0 Å². The summed E-state index contributed by atoms with van der Waals surface area (Å²) >= 11 is 0. The van der Waals surface area contributed by atoms with Gasteiger partial charge >= 0.3 is 0 Å². The fourth-order valence-corrected chi connectivity index (χ4v) is 3.73.